The Labute approximate surface area is 117 Å². The fourth-order valence-electron chi connectivity index (χ4n) is 2.27. The van der Waals surface area contributed by atoms with E-state index in [1.54, 1.807) is 23.5 Å². The van der Waals surface area contributed by atoms with E-state index in [1.165, 1.54) is 10.9 Å². The topological polar surface area (TPSA) is 24.9 Å². The SMILES string of the molecule is Cc1nc(C)c(C(C)N[C@@H](C)c2cccc(F)c2)s1. The molecule has 0 amide bonds. The maximum atomic E-state index is 13.2. The number of thiazole rings is 1. The summed E-state index contributed by atoms with van der Waals surface area (Å²) in [6.45, 7) is 8.22. The molecule has 1 N–H and O–H groups in total. The second kappa shape index (κ2) is 5.80. The van der Waals surface area contributed by atoms with Gasteiger partial charge in [0.25, 0.3) is 0 Å². The van der Waals surface area contributed by atoms with Gasteiger partial charge in [0.2, 0.25) is 0 Å². The quantitative estimate of drug-likeness (QED) is 0.901. The molecule has 0 saturated heterocycles. The van der Waals surface area contributed by atoms with E-state index in [-0.39, 0.29) is 17.9 Å². The fraction of sp³-hybridized carbons (Fsp3) is 0.400. The normalized spacial score (nSPS) is 14.4. The van der Waals surface area contributed by atoms with Gasteiger partial charge in [0.05, 0.1) is 10.7 Å². The van der Waals surface area contributed by atoms with Gasteiger partial charge in [-0.1, -0.05) is 12.1 Å². The Bertz CT molecular complexity index is 565. The first-order valence-corrected chi connectivity index (χ1v) is 7.24. The highest BCUT2D eigenvalue weighted by Crippen LogP contribution is 2.27. The van der Waals surface area contributed by atoms with Crippen molar-refractivity contribution in [1.82, 2.24) is 10.3 Å². The van der Waals surface area contributed by atoms with Crippen LogP contribution in [0.25, 0.3) is 0 Å². The zero-order chi connectivity index (χ0) is 14.0. The Hall–Kier alpha value is -1.26. The minimum absolute atomic E-state index is 0.104. The Kier molecular flexibility index (Phi) is 4.32. The average molecular weight is 278 g/mol. The van der Waals surface area contributed by atoms with E-state index in [2.05, 4.69) is 24.1 Å². The molecule has 0 radical (unpaired) electrons. The number of rotatable bonds is 4. The molecule has 0 bridgehead atoms. The maximum Gasteiger partial charge on any atom is 0.123 e. The van der Waals surface area contributed by atoms with Crippen LogP contribution in [0.5, 0.6) is 0 Å². The van der Waals surface area contributed by atoms with Crippen molar-refractivity contribution in [3.63, 3.8) is 0 Å². The molecule has 4 heteroatoms. The van der Waals surface area contributed by atoms with Gasteiger partial charge in [-0.3, -0.25) is 0 Å². The monoisotopic (exact) mass is 278 g/mol. The molecular formula is C15H19FN2S. The molecule has 1 heterocycles. The van der Waals surface area contributed by atoms with Gasteiger partial charge < -0.3 is 5.32 Å². The second-order valence-corrected chi connectivity index (χ2v) is 6.08. The molecule has 1 aromatic heterocycles. The Morgan fingerprint density at radius 3 is 2.53 bits per heavy atom. The van der Waals surface area contributed by atoms with E-state index in [0.717, 1.165) is 16.3 Å². The molecule has 0 spiro atoms. The predicted octanol–water partition coefficient (Wildman–Crippen LogP) is 4.31. The highest BCUT2D eigenvalue weighted by Gasteiger charge is 2.16. The van der Waals surface area contributed by atoms with Crippen LogP contribution in [0.4, 0.5) is 4.39 Å². The number of halogens is 1. The number of hydrogen-bond acceptors (Lipinski definition) is 3. The van der Waals surface area contributed by atoms with Crippen LogP contribution >= 0.6 is 11.3 Å². The number of nitrogens with zero attached hydrogens (tertiary/aromatic N) is 1. The van der Waals surface area contributed by atoms with Crippen molar-refractivity contribution >= 4 is 11.3 Å². The number of nitrogens with one attached hydrogen (secondary N) is 1. The van der Waals surface area contributed by atoms with Crippen molar-refractivity contribution in [2.24, 2.45) is 0 Å². The lowest BCUT2D eigenvalue weighted by Crippen LogP contribution is -2.22. The largest absolute Gasteiger partial charge is 0.303 e. The minimum Gasteiger partial charge on any atom is -0.303 e. The minimum atomic E-state index is -0.191. The van der Waals surface area contributed by atoms with Gasteiger partial charge in [-0.25, -0.2) is 9.37 Å². The standard InChI is InChI=1S/C15H19FN2S/c1-9(13-6-5-7-14(16)8-13)17-10(2)15-11(3)18-12(4)19-15/h5-10,17H,1-4H3/t9-,10?/m0/s1. The Morgan fingerprint density at radius 2 is 1.95 bits per heavy atom. The van der Waals surface area contributed by atoms with E-state index in [4.69, 9.17) is 0 Å². The third-order valence-corrected chi connectivity index (χ3v) is 4.44. The molecule has 1 aromatic carbocycles. The van der Waals surface area contributed by atoms with Crippen LogP contribution in [0.15, 0.2) is 24.3 Å². The molecule has 1 unspecified atom stereocenters. The molecule has 0 saturated carbocycles. The highest BCUT2D eigenvalue weighted by molar-refractivity contribution is 7.11. The first kappa shape index (κ1) is 14.2. The van der Waals surface area contributed by atoms with Gasteiger partial charge >= 0.3 is 0 Å². The van der Waals surface area contributed by atoms with E-state index in [9.17, 15) is 4.39 Å². The summed E-state index contributed by atoms with van der Waals surface area (Å²) in [5.41, 5.74) is 2.04. The van der Waals surface area contributed by atoms with Crippen molar-refractivity contribution in [3.05, 3.63) is 51.2 Å². The molecule has 0 aliphatic heterocycles. The van der Waals surface area contributed by atoms with Crippen LogP contribution in [-0.2, 0) is 0 Å². The molecule has 102 valence electrons. The van der Waals surface area contributed by atoms with Gasteiger partial charge in [0, 0.05) is 17.0 Å². The predicted molar refractivity (Wildman–Crippen MR) is 78.0 cm³/mol. The Balaban J connectivity index is 2.10. The summed E-state index contributed by atoms with van der Waals surface area (Å²) in [6, 6.07) is 7.05. The summed E-state index contributed by atoms with van der Waals surface area (Å²) in [5, 5.41) is 4.58. The number of benzene rings is 1. The van der Waals surface area contributed by atoms with Crippen LogP contribution < -0.4 is 5.32 Å². The van der Waals surface area contributed by atoms with Gasteiger partial charge in [-0.05, 0) is 45.4 Å². The molecule has 2 aromatic rings. The first-order valence-electron chi connectivity index (χ1n) is 6.43. The van der Waals surface area contributed by atoms with E-state index in [0.29, 0.717) is 0 Å². The van der Waals surface area contributed by atoms with Gasteiger partial charge in [-0.15, -0.1) is 11.3 Å². The summed E-state index contributed by atoms with van der Waals surface area (Å²) in [7, 11) is 0. The maximum absolute atomic E-state index is 13.2. The van der Waals surface area contributed by atoms with Gasteiger partial charge in [0.1, 0.15) is 5.82 Å². The highest BCUT2D eigenvalue weighted by atomic mass is 32.1. The summed E-state index contributed by atoms with van der Waals surface area (Å²) in [6.07, 6.45) is 0. The summed E-state index contributed by atoms with van der Waals surface area (Å²) < 4.78 is 13.2. The van der Waals surface area contributed by atoms with Crippen molar-refractivity contribution in [2.75, 3.05) is 0 Å². The molecule has 0 aliphatic carbocycles. The lowest BCUT2D eigenvalue weighted by Gasteiger charge is -2.20. The third kappa shape index (κ3) is 3.39. The zero-order valence-corrected chi connectivity index (χ0v) is 12.5. The van der Waals surface area contributed by atoms with Crippen molar-refractivity contribution in [3.8, 4) is 0 Å². The number of aryl methyl sites for hydroxylation is 2. The van der Waals surface area contributed by atoms with E-state index >= 15 is 0 Å². The average Bonchev–Trinajstić information content (AvgIpc) is 2.68. The molecular weight excluding hydrogens is 259 g/mol. The van der Waals surface area contributed by atoms with Crippen LogP contribution in [-0.4, -0.2) is 4.98 Å². The van der Waals surface area contributed by atoms with Crippen LogP contribution in [0.3, 0.4) is 0 Å². The second-order valence-electron chi connectivity index (χ2n) is 4.85. The Morgan fingerprint density at radius 1 is 1.21 bits per heavy atom. The zero-order valence-electron chi connectivity index (χ0n) is 11.7. The van der Waals surface area contributed by atoms with Gasteiger partial charge in [-0.2, -0.15) is 0 Å². The van der Waals surface area contributed by atoms with E-state index < -0.39 is 0 Å². The molecule has 2 rings (SSSR count). The molecule has 2 nitrogen and oxygen atoms in total. The smallest absolute Gasteiger partial charge is 0.123 e. The lowest BCUT2D eigenvalue weighted by molar-refractivity contribution is 0.495. The van der Waals surface area contributed by atoms with Crippen LogP contribution in [0.2, 0.25) is 0 Å². The molecule has 0 aliphatic rings. The van der Waals surface area contributed by atoms with E-state index in [1.807, 2.05) is 19.9 Å². The third-order valence-electron chi connectivity index (χ3n) is 3.18. The summed E-state index contributed by atoms with van der Waals surface area (Å²) >= 11 is 1.72. The van der Waals surface area contributed by atoms with Crippen LogP contribution in [0, 0.1) is 19.7 Å². The first-order chi connectivity index (χ1) is 8.97. The number of hydrogen-bond donors (Lipinski definition) is 1. The summed E-state index contributed by atoms with van der Waals surface area (Å²) in [4.78, 5) is 5.70. The lowest BCUT2D eigenvalue weighted by atomic mass is 10.1. The van der Waals surface area contributed by atoms with Gasteiger partial charge in [0.15, 0.2) is 0 Å². The summed E-state index contributed by atoms with van der Waals surface area (Å²) in [5.74, 6) is -0.191. The van der Waals surface area contributed by atoms with Crippen molar-refractivity contribution in [2.45, 2.75) is 39.8 Å². The fourth-order valence-corrected chi connectivity index (χ4v) is 3.21. The molecule has 2 atom stereocenters. The van der Waals surface area contributed by atoms with Crippen molar-refractivity contribution < 1.29 is 4.39 Å². The number of aromatic nitrogens is 1. The molecule has 0 fully saturated rings. The van der Waals surface area contributed by atoms with Crippen molar-refractivity contribution in [1.29, 1.82) is 0 Å². The molecule has 19 heavy (non-hydrogen) atoms. The van der Waals surface area contributed by atoms with Crippen LogP contribution in [0.1, 0.15) is 47.1 Å².